The summed E-state index contributed by atoms with van der Waals surface area (Å²) in [5.41, 5.74) is 3.39. The van der Waals surface area contributed by atoms with Crippen molar-refractivity contribution in [3.63, 3.8) is 0 Å². The van der Waals surface area contributed by atoms with Crippen molar-refractivity contribution in [3.8, 4) is 0 Å². The van der Waals surface area contributed by atoms with Gasteiger partial charge in [0.15, 0.2) is 0 Å². The number of nitrogens with zero attached hydrogens (tertiary/aromatic N) is 2. The maximum absolute atomic E-state index is 13.3. The van der Waals surface area contributed by atoms with Crippen LogP contribution in [0.5, 0.6) is 0 Å². The first-order valence-corrected chi connectivity index (χ1v) is 11.0. The van der Waals surface area contributed by atoms with E-state index in [1.807, 2.05) is 13.0 Å². The molecule has 0 aliphatic carbocycles. The van der Waals surface area contributed by atoms with E-state index in [2.05, 4.69) is 24.4 Å². The molecule has 1 N–H and O–H groups in total. The smallest absolute Gasteiger partial charge is 0.263 e. The topological polar surface area (TPSA) is 71.4 Å². The number of halogens is 1. The lowest BCUT2D eigenvalue weighted by Gasteiger charge is -2.25. The van der Waals surface area contributed by atoms with Crippen LogP contribution in [0.15, 0.2) is 65.6 Å². The van der Waals surface area contributed by atoms with Gasteiger partial charge < -0.3 is 14.8 Å². The highest BCUT2D eigenvalue weighted by Gasteiger charge is 2.32. The Morgan fingerprint density at radius 3 is 2.55 bits per heavy atom. The molecule has 170 valence electrons. The summed E-state index contributed by atoms with van der Waals surface area (Å²) in [4.78, 5) is 40.5. The van der Waals surface area contributed by atoms with E-state index >= 15 is 0 Å². The highest BCUT2D eigenvalue weighted by molar-refractivity contribution is 5.94. The van der Waals surface area contributed by atoms with Gasteiger partial charge in [0.05, 0.1) is 6.04 Å². The first-order chi connectivity index (χ1) is 15.8. The molecular formula is C26H26FN3O3. The van der Waals surface area contributed by atoms with Crippen LogP contribution in [0.2, 0.25) is 0 Å². The maximum Gasteiger partial charge on any atom is 0.263 e. The van der Waals surface area contributed by atoms with Gasteiger partial charge in [-0.2, -0.15) is 0 Å². The minimum Gasteiger partial charge on any atom is -0.331 e. The van der Waals surface area contributed by atoms with Crippen molar-refractivity contribution in [2.75, 3.05) is 11.9 Å². The van der Waals surface area contributed by atoms with Gasteiger partial charge in [-0.15, -0.1) is 0 Å². The highest BCUT2D eigenvalue weighted by atomic mass is 19.1. The summed E-state index contributed by atoms with van der Waals surface area (Å²) in [5.74, 6) is -1.17. The second-order valence-corrected chi connectivity index (χ2v) is 8.41. The molecule has 3 aromatic rings. The van der Waals surface area contributed by atoms with Crippen LogP contribution in [-0.2, 0) is 11.3 Å². The van der Waals surface area contributed by atoms with Crippen molar-refractivity contribution in [2.45, 2.75) is 39.3 Å². The fourth-order valence-corrected chi connectivity index (χ4v) is 4.20. The Morgan fingerprint density at radius 2 is 1.82 bits per heavy atom. The van der Waals surface area contributed by atoms with Crippen LogP contribution >= 0.6 is 0 Å². The zero-order chi connectivity index (χ0) is 23.5. The van der Waals surface area contributed by atoms with Gasteiger partial charge in [0.1, 0.15) is 17.9 Å². The van der Waals surface area contributed by atoms with E-state index in [0.717, 1.165) is 18.4 Å². The predicted molar refractivity (Wildman–Crippen MR) is 125 cm³/mol. The van der Waals surface area contributed by atoms with Crippen molar-refractivity contribution in [1.29, 1.82) is 0 Å². The third-order valence-corrected chi connectivity index (χ3v) is 6.12. The lowest BCUT2D eigenvalue weighted by molar-refractivity contribution is -0.116. The van der Waals surface area contributed by atoms with Crippen molar-refractivity contribution in [2.24, 2.45) is 0 Å². The van der Waals surface area contributed by atoms with E-state index in [1.165, 1.54) is 52.2 Å². The molecule has 7 heteroatoms. The third-order valence-electron chi connectivity index (χ3n) is 6.12. The number of pyridine rings is 1. The van der Waals surface area contributed by atoms with Gasteiger partial charge in [-0.05, 0) is 79.8 Å². The van der Waals surface area contributed by atoms with Gasteiger partial charge in [-0.1, -0.05) is 18.2 Å². The molecule has 1 aromatic heterocycles. The average Bonchev–Trinajstić information content (AvgIpc) is 3.28. The lowest BCUT2D eigenvalue weighted by atomic mass is 9.99. The molecule has 1 aliphatic heterocycles. The van der Waals surface area contributed by atoms with E-state index in [9.17, 15) is 18.8 Å². The largest absolute Gasteiger partial charge is 0.331 e. The molecule has 0 radical (unpaired) electrons. The van der Waals surface area contributed by atoms with Gasteiger partial charge in [-0.3, -0.25) is 14.4 Å². The molecule has 1 fully saturated rings. The highest BCUT2D eigenvalue weighted by Crippen LogP contribution is 2.33. The number of benzene rings is 2. The van der Waals surface area contributed by atoms with Crippen LogP contribution in [0.1, 0.15) is 45.9 Å². The monoisotopic (exact) mass is 447 g/mol. The Hall–Kier alpha value is -3.74. The van der Waals surface area contributed by atoms with Gasteiger partial charge in [0, 0.05) is 18.4 Å². The molecule has 2 amide bonds. The summed E-state index contributed by atoms with van der Waals surface area (Å²) in [7, 11) is 0. The SMILES string of the molecule is Cc1ccc([C@H]2CCCN2C(=O)c2cccn(CC(=O)Nc3ccc(F)cc3)c2=O)cc1C. The quantitative estimate of drug-likeness (QED) is 0.637. The number of amides is 2. The van der Waals surface area contributed by atoms with Crippen molar-refractivity contribution in [1.82, 2.24) is 9.47 Å². The van der Waals surface area contributed by atoms with E-state index in [0.29, 0.717) is 12.2 Å². The molecule has 0 unspecified atom stereocenters. The molecule has 0 bridgehead atoms. The third kappa shape index (κ3) is 4.87. The fourth-order valence-electron chi connectivity index (χ4n) is 4.20. The number of hydrogen-bond donors (Lipinski definition) is 1. The number of aromatic nitrogens is 1. The number of rotatable bonds is 5. The second kappa shape index (κ2) is 9.40. The van der Waals surface area contributed by atoms with Crippen molar-refractivity contribution in [3.05, 3.63) is 99.2 Å². The van der Waals surface area contributed by atoms with Crippen LogP contribution in [-0.4, -0.2) is 27.8 Å². The van der Waals surface area contributed by atoms with Gasteiger partial charge in [-0.25, -0.2) is 4.39 Å². The Balaban J connectivity index is 1.53. The molecule has 2 aromatic carbocycles. The molecule has 6 nitrogen and oxygen atoms in total. The summed E-state index contributed by atoms with van der Waals surface area (Å²) in [6, 6.07) is 14.6. The maximum atomic E-state index is 13.3. The van der Waals surface area contributed by atoms with Gasteiger partial charge in [0.2, 0.25) is 5.91 Å². The van der Waals surface area contributed by atoms with Crippen molar-refractivity contribution < 1.29 is 14.0 Å². The predicted octanol–water partition coefficient (Wildman–Crippen LogP) is 4.22. The van der Waals surface area contributed by atoms with E-state index in [1.54, 1.807) is 11.0 Å². The molecule has 0 spiro atoms. The molecule has 33 heavy (non-hydrogen) atoms. The second-order valence-electron chi connectivity index (χ2n) is 8.41. The molecule has 0 saturated carbocycles. The van der Waals surface area contributed by atoms with Gasteiger partial charge in [0.25, 0.3) is 11.5 Å². The first-order valence-electron chi connectivity index (χ1n) is 11.0. The molecule has 2 heterocycles. The van der Waals surface area contributed by atoms with Crippen LogP contribution in [0.25, 0.3) is 0 Å². The molecular weight excluding hydrogens is 421 g/mol. The number of carbonyl (C=O) groups excluding carboxylic acids is 2. The molecule has 4 rings (SSSR count). The standard InChI is InChI=1S/C26H26FN3O3/c1-17-7-8-19(15-18(17)2)23-6-4-14-30(23)26(33)22-5-3-13-29(25(22)32)16-24(31)28-21-11-9-20(27)10-12-21/h3,5,7-13,15,23H,4,6,14,16H2,1-2H3,(H,28,31)/t23-/m1/s1. The minimum atomic E-state index is -0.512. The molecule has 1 atom stereocenters. The number of hydrogen-bond acceptors (Lipinski definition) is 3. The number of anilines is 1. The molecule has 1 aliphatic rings. The van der Waals surface area contributed by atoms with Gasteiger partial charge >= 0.3 is 0 Å². The molecule has 1 saturated heterocycles. The summed E-state index contributed by atoms with van der Waals surface area (Å²) in [5, 5.41) is 2.63. The summed E-state index contributed by atoms with van der Waals surface area (Å²) < 4.78 is 14.3. The Labute approximate surface area is 191 Å². The van der Waals surface area contributed by atoms with E-state index in [-0.39, 0.29) is 24.1 Å². The number of likely N-dealkylation sites (tertiary alicyclic amines) is 1. The Morgan fingerprint density at radius 1 is 1.06 bits per heavy atom. The van der Waals surface area contributed by atoms with E-state index in [4.69, 9.17) is 0 Å². The normalized spacial score (nSPS) is 15.5. The minimum absolute atomic E-state index is 0.0443. The first kappa shape index (κ1) is 22.5. The van der Waals surface area contributed by atoms with Crippen LogP contribution in [0.3, 0.4) is 0 Å². The summed E-state index contributed by atoms with van der Waals surface area (Å²) >= 11 is 0. The van der Waals surface area contributed by atoms with Crippen LogP contribution in [0, 0.1) is 19.7 Å². The van der Waals surface area contributed by atoms with E-state index < -0.39 is 17.3 Å². The number of carbonyl (C=O) groups is 2. The van der Waals surface area contributed by atoms with Crippen molar-refractivity contribution >= 4 is 17.5 Å². The summed E-state index contributed by atoms with van der Waals surface area (Å²) in [6.07, 6.45) is 3.19. The van der Waals surface area contributed by atoms with Crippen LogP contribution < -0.4 is 10.9 Å². The zero-order valence-electron chi connectivity index (χ0n) is 18.7. The average molecular weight is 448 g/mol. The summed E-state index contributed by atoms with van der Waals surface area (Å²) in [6.45, 7) is 4.43. The Kier molecular flexibility index (Phi) is 6.40. The zero-order valence-corrected chi connectivity index (χ0v) is 18.7. The van der Waals surface area contributed by atoms with Crippen LogP contribution in [0.4, 0.5) is 10.1 Å². The Bertz CT molecular complexity index is 1250. The fraction of sp³-hybridized carbons (Fsp3) is 0.269. The number of aryl methyl sites for hydroxylation is 2. The number of nitrogens with one attached hydrogen (secondary N) is 1. The lowest BCUT2D eigenvalue weighted by Crippen LogP contribution is -2.37.